The van der Waals surface area contributed by atoms with Crippen LogP contribution >= 0.6 is 0 Å². The number of carbonyl (C=O) groups excluding carboxylic acids is 1. The van der Waals surface area contributed by atoms with Gasteiger partial charge in [0.2, 0.25) is 0 Å². The third kappa shape index (κ3) is 3.07. The van der Waals surface area contributed by atoms with Gasteiger partial charge in [0.1, 0.15) is 11.3 Å². The van der Waals surface area contributed by atoms with Crippen LogP contribution in [0.15, 0.2) is 27.4 Å². The highest BCUT2D eigenvalue weighted by Crippen LogP contribution is 2.28. The molecule has 0 radical (unpaired) electrons. The first kappa shape index (κ1) is 15.1. The number of rotatable bonds is 4. The van der Waals surface area contributed by atoms with Gasteiger partial charge in [0.25, 0.3) is 5.91 Å². The Morgan fingerprint density at radius 1 is 1.33 bits per heavy atom. The lowest BCUT2D eigenvalue weighted by molar-refractivity contribution is -0.130. The molecule has 0 aliphatic rings. The van der Waals surface area contributed by atoms with E-state index in [9.17, 15) is 9.59 Å². The Bertz CT molecular complexity index is 731. The summed E-state index contributed by atoms with van der Waals surface area (Å²) in [6.07, 6.45) is 0.751. The van der Waals surface area contributed by atoms with Crippen molar-refractivity contribution in [3.8, 4) is 5.75 Å². The summed E-state index contributed by atoms with van der Waals surface area (Å²) in [6.45, 7) is 3.76. The van der Waals surface area contributed by atoms with E-state index < -0.39 is 0 Å². The van der Waals surface area contributed by atoms with Crippen LogP contribution in [0.4, 0.5) is 0 Å². The molecule has 21 heavy (non-hydrogen) atoms. The molecule has 0 bridgehead atoms. The molecule has 1 aromatic heterocycles. The Kier molecular flexibility index (Phi) is 4.31. The molecule has 5 heteroatoms. The quantitative estimate of drug-likeness (QED) is 0.809. The van der Waals surface area contributed by atoms with Crippen LogP contribution in [0.5, 0.6) is 5.75 Å². The molecule has 0 unspecified atom stereocenters. The zero-order valence-electron chi connectivity index (χ0n) is 12.7. The van der Waals surface area contributed by atoms with Gasteiger partial charge in [0.05, 0.1) is 0 Å². The number of hydrogen-bond acceptors (Lipinski definition) is 4. The number of ether oxygens (including phenoxy) is 1. The van der Waals surface area contributed by atoms with Crippen molar-refractivity contribution in [1.29, 1.82) is 0 Å². The minimum Gasteiger partial charge on any atom is -0.483 e. The highest BCUT2D eigenvalue weighted by molar-refractivity contribution is 5.85. The van der Waals surface area contributed by atoms with E-state index in [0.29, 0.717) is 11.3 Å². The molecule has 0 aliphatic carbocycles. The number of aryl methyl sites for hydroxylation is 2. The summed E-state index contributed by atoms with van der Waals surface area (Å²) in [5.74, 6) is 0.423. The normalized spacial score (nSPS) is 10.7. The average molecular weight is 289 g/mol. The first-order valence-electron chi connectivity index (χ1n) is 6.83. The fraction of sp³-hybridized carbons (Fsp3) is 0.375. The van der Waals surface area contributed by atoms with E-state index in [-0.39, 0.29) is 18.1 Å². The van der Waals surface area contributed by atoms with Crippen LogP contribution in [-0.4, -0.2) is 31.5 Å². The highest BCUT2D eigenvalue weighted by Gasteiger charge is 2.12. The first-order chi connectivity index (χ1) is 9.93. The number of carbonyl (C=O) groups is 1. The number of fused-ring (bicyclic) bond motifs is 1. The van der Waals surface area contributed by atoms with Crippen LogP contribution in [0.1, 0.15) is 18.1 Å². The molecule has 0 aliphatic heterocycles. The minimum absolute atomic E-state index is 0.0446. The molecule has 5 nitrogen and oxygen atoms in total. The lowest BCUT2D eigenvalue weighted by Gasteiger charge is -2.14. The van der Waals surface area contributed by atoms with Crippen LogP contribution in [0, 0.1) is 6.92 Å². The average Bonchev–Trinajstić information content (AvgIpc) is 2.45. The van der Waals surface area contributed by atoms with Crippen LogP contribution < -0.4 is 10.4 Å². The molecular formula is C16H19NO4. The maximum atomic E-state index is 11.6. The van der Waals surface area contributed by atoms with Gasteiger partial charge in [-0.25, -0.2) is 4.79 Å². The van der Waals surface area contributed by atoms with Crippen LogP contribution in [0.25, 0.3) is 11.0 Å². The zero-order valence-corrected chi connectivity index (χ0v) is 12.7. The van der Waals surface area contributed by atoms with Gasteiger partial charge in [-0.1, -0.05) is 6.92 Å². The van der Waals surface area contributed by atoms with Gasteiger partial charge < -0.3 is 14.1 Å². The molecular weight excluding hydrogens is 270 g/mol. The van der Waals surface area contributed by atoms with Crippen molar-refractivity contribution < 1.29 is 13.9 Å². The summed E-state index contributed by atoms with van der Waals surface area (Å²) in [5, 5.41) is 0.904. The van der Waals surface area contributed by atoms with Crippen molar-refractivity contribution in [2.24, 2.45) is 0 Å². The lowest BCUT2D eigenvalue weighted by atomic mass is 10.0. The maximum Gasteiger partial charge on any atom is 0.336 e. The number of nitrogens with zero attached hydrogens (tertiary/aromatic N) is 1. The molecule has 0 saturated heterocycles. The summed E-state index contributed by atoms with van der Waals surface area (Å²) in [5.41, 5.74) is 1.82. The van der Waals surface area contributed by atoms with E-state index in [1.165, 1.54) is 11.0 Å². The predicted molar refractivity (Wildman–Crippen MR) is 80.8 cm³/mol. The van der Waals surface area contributed by atoms with Gasteiger partial charge in [-0.05, 0) is 31.0 Å². The first-order valence-corrected chi connectivity index (χ1v) is 6.83. The Morgan fingerprint density at radius 2 is 2.05 bits per heavy atom. The summed E-state index contributed by atoms with van der Waals surface area (Å²) < 4.78 is 10.8. The molecule has 2 rings (SSSR count). The van der Waals surface area contributed by atoms with Crippen molar-refractivity contribution in [1.82, 2.24) is 4.90 Å². The highest BCUT2D eigenvalue weighted by atomic mass is 16.5. The molecule has 1 amide bonds. The van der Waals surface area contributed by atoms with E-state index in [0.717, 1.165) is 22.9 Å². The topological polar surface area (TPSA) is 59.8 Å². The second kappa shape index (κ2) is 5.99. The Hall–Kier alpha value is -2.30. The number of amides is 1. The van der Waals surface area contributed by atoms with Gasteiger partial charge >= 0.3 is 5.63 Å². The molecule has 1 aromatic carbocycles. The van der Waals surface area contributed by atoms with E-state index in [2.05, 4.69) is 0 Å². The monoisotopic (exact) mass is 289 g/mol. The standard InChI is InChI=1S/C16H19NO4/c1-5-11-8-15(19)21-16-10(2)13(7-6-12(11)16)20-9-14(18)17(3)4/h6-8H,5,9H2,1-4H3. The molecule has 2 aromatic rings. The van der Waals surface area contributed by atoms with Gasteiger partial charge in [0, 0.05) is 31.1 Å². The maximum absolute atomic E-state index is 11.6. The fourth-order valence-electron chi connectivity index (χ4n) is 2.13. The summed E-state index contributed by atoms with van der Waals surface area (Å²) in [7, 11) is 3.34. The number of likely N-dealkylation sites (N-methyl/N-ethyl adjacent to an activating group) is 1. The van der Waals surface area contributed by atoms with Gasteiger partial charge in [-0.15, -0.1) is 0 Å². The van der Waals surface area contributed by atoms with Crippen molar-refractivity contribution >= 4 is 16.9 Å². The minimum atomic E-state index is -0.371. The Balaban J connectivity index is 2.42. The number of hydrogen-bond donors (Lipinski definition) is 0. The Morgan fingerprint density at radius 3 is 2.67 bits per heavy atom. The summed E-state index contributed by atoms with van der Waals surface area (Å²) in [4.78, 5) is 24.7. The van der Waals surface area contributed by atoms with Crippen molar-refractivity contribution in [2.45, 2.75) is 20.3 Å². The van der Waals surface area contributed by atoms with Crippen molar-refractivity contribution in [2.75, 3.05) is 20.7 Å². The zero-order chi connectivity index (χ0) is 15.6. The third-order valence-corrected chi connectivity index (χ3v) is 3.43. The van der Waals surface area contributed by atoms with E-state index >= 15 is 0 Å². The van der Waals surface area contributed by atoms with Crippen molar-refractivity contribution in [3.63, 3.8) is 0 Å². The third-order valence-electron chi connectivity index (χ3n) is 3.43. The van der Waals surface area contributed by atoms with Crippen LogP contribution in [-0.2, 0) is 11.2 Å². The lowest BCUT2D eigenvalue weighted by Crippen LogP contribution is -2.27. The van der Waals surface area contributed by atoms with E-state index in [1.54, 1.807) is 20.2 Å². The van der Waals surface area contributed by atoms with E-state index in [4.69, 9.17) is 9.15 Å². The van der Waals surface area contributed by atoms with Crippen LogP contribution in [0.3, 0.4) is 0 Å². The smallest absolute Gasteiger partial charge is 0.336 e. The van der Waals surface area contributed by atoms with E-state index in [1.807, 2.05) is 19.9 Å². The molecule has 0 atom stereocenters. The fourth-order valence-corrected chi connectivity index (χ4v) is 2.13. The van der Waals surface area contributed by atoms with Crippen molar-refractivity contribution in [3.05, 3.63) is 39.7 Å². The van der Waals surface area contributed by atoms with Gasteiger partial charge in [-0.3, -0.25) is 4.79 Å². The number of benzene rings is 1. The largest absolute Gasteiger partial charge is 0.483 e. The van der Waals surface area contributed by atoms with Gasteiger partial charge in [-0.2, -0.15) is 0 Å². The molecule has 0 saturated carbocycles. The molecule has 1 heterocycles. The predicted octanol–water partition coefficient (Wildman–Crippen LogP) is 2.13. The molecule has 0 N–H and O–H groups in total. The summed E-state index contributed by atoms with van der Waals surface area (Å²) in [6, 6.07) is 5.18. The Labute approximate surface area is 123 Å². The molecule has 112 valence electrons. The second-order valence-electron chi connectivity index (χ2n) is 5.09. The SMILES string of the molecule is CCc1cc(=O)oc2c(C)c(OCC(=O)N(C)C)ccc12. The molecule has 0 spiro atoms. The summed E-state index contributed by atoms with van der Waals surface area (Å²) >= 11 is 0. The van der Waals surface area contributed by atoms with Crippen LogP contribution in [0.2, 0.25) is 0 Å². The second-order valence-corrected chi connectivity index (χ2v) is 5.09. The molecule has 0 fully saturated rings. The van der Waals surface area contributed by atoms with Gasteiger partial charge in [0.15, 0.2) is 6.61 Å².